The Bertz CT molecular complexity index is 895. The van der Waals surface area contributed by atoms with Gasteiger partial charge in [0.15, 0.2) is 0 Å². The van der Waals surface area contributed by atoms with Crippen LogP contribution in [-0.4, -0.2) is 11.9 Å². The molecule has 0 N–H and O–H groups in total. The fourth-order valence-electron chi connectivity index (χ4n) is 3.60. The van der Waals surface area contributed by atoms with Crippen molar-refractivity contribution < 1.29 is 19.1 Å². The van der Waals surface area contributed by atoms with Crippen LogP contribution in [0.3, 0.4) is 0 Å². The van der Waals surface area contributed by atoms with Gasteiger partial charge >= 0.3 is 11.9 Å². The lowest BCUT2D eigenvalue weighted by atomic mass is 9.80. The maximum absolute atomic E-state index is 12.2. The molecule has 0 amide bonds. The van der Waals surface area contributed by atoms with Gasteiger partial charge in [-0.3, -0.25) is 4.79 Å². The molecule has 0 aromatic heterocycles. The first-order valence-corrected chi connectivity index (χ1v) is 9.04. The second kappa shape index (κ2) is 7.32. The zero-order chi connectivity index (χ0) is 18.8. The summed E-state index contributed by atoms with van der Waals surface area (Å²) in [4.78, 5) is 23.9. The lowest BCUT2D eigenvalue weighted by Crippen LogP contribution is -2.19. The Morgan fingerprint density at radius 2 is 1.69 bits per heavy atom. The van der Waals surface area contributed by atoms with Gasteiger partial charge in [-0.15, -0.1) is 0 Å². The van der Waals surface area contributed by atoms with E-state index in [2.05, 4.69) is 13.5 Å². The van der Waals surface area contributed by atoms with Crippen molar-refractivity contribution in [2.75, 3.05) is 0 Å². The standard InChI is InChI=1S/C22H24O4/c1-5-15-10-11-18-19(12-15)21(26-22(24)13(2)3)17-9-7-6-8-16(17)20(18)25-14(4)23/h6-9,15H,2,5,10-12H2,1,3-4H3. The van der Waals surface area contributed by atoms with E-state index >= 15 is 0 Å². The molecule has 1 atom stereocenters. The molecule has 0 aliphatic heterocycles. The summed E-state index contributed by atoms with van der Waals surface area (Å²) in [5.41, 5.74) is 2.32. The monoisotopic (exact) mass is 352 g/mol. The predicted octanol–water partition coefficient (Wildman–Crippen LogP) is 4.76. The van der Waals surface area contributed by atoms with Crippen LogP contribution in [0.25, 0.3) is 10.8 Å². The number of carbonyl (C=O) groups excluding carboxylic acids is 2. The first-order valence-electron chi connectivity index (χ1n) is 9.04. The largest absolute Gasteiger partial charge is 0.426 e. The molecule has 1 aliphatic carbocycles. The van der Waals surface area contributed by atoms with E-state index in [4.69, 9.17) is 9.47 Å². The van der Waals surface area contributed by atoms with Gasteiger partial charge in [-0.25, -0.2) is 4.79 Å². The van der Waals surface area contributed by atoms with Crippen molar-refractivity contribution in [3.63, 3.8) is 0 Å². The molecule has 3 rings (SSSR count). The van der Waals surface area contributed by atoms with Gasteiger partial charge in [0.1, 0.15) is 11.5 Å². The summed E-state index contributed by atoms with van der Waals surface area (Å²) in [6.07, 6.45) is 3.70. The molecule has 0 heterocycles. The number of benzene rings is 2. The van der Waals surface area contributed by atoms with Crippen LogP contribution < -0.4 is 9.47 Å². The molecule has 0 saturated carbocycles. The Labute approximate surface area is 153 Å². The molecule has 4 nitrogen and oxygen atoms in total. The van der Waals surface area contributed by atoms with Crippen molar-refractivity contribution in [1.29, 1.82) is 0 Å². The van der Waals surface area contributed by atoms with Crippen LogP contribution in [0, 0.1) is 5.92 Å². The third-order valence-corrected chi connectivity index (χ3v) is 4.99. The fourth-order valence-corrected chi connectivity index (χ4v) is 3.60. The summed E-state index contributed by atoms with van der Waals surface area (Å²) >= 11 is 0. The van der Waals surface area contributed by atoms with Gasteiger partial charge in [0.2, 0.25) is 0 Å². The van der Waals surface area contributed by atoms with Crippen LogP contribution in [0.1, 0.15) is 44.7 Å². The average Bonchev–Trinajstić information content (AvgIpc) is 2.63. The van der Waals surface area contributed by atoms with E-state index in [1.165, 1.54) is 6.92 Å². The average molecular weight is 352 g/mol. The lowest BCUT2D eigenvalue weighted by molar-refractivity contribution is -0.132. The second-order valence-electron chi connectivity index (χ2n) is 6.94. The summed E-state index contributed by atoms with van der Waals surface area (Å²) < 4.78 is 11.4. The Balaban J connectivity index is 2.28. The summed E-state index contributed by atoms with van der Waals surface area (Å²) in [5, 5.41) is 1.58. The highest BCUT2D eigenvalue weighted by atomic mass is 16.5. The van der Waals surface area contributed by atoms with Gasteiger partial charge in [-0.1, -0.05) is 44.2 Å². The van der Waals surface area contributed by atoms with Crippen molar-refractivity contribution in [2.45, 2.75) is 46.5 Å². The van der Waals surface area contributed by atoms with Gasteiger partial charge in [-0.05, 0) is 32.1 Å². The second-order valence-corrected chi connectivity index (χ2v) is 6.94. The summed E-state index contributed by atoms with van der Waals surface area (Å²) in [6, 6.07) is 7.59. The number of rotatable bonds is 4. The highest BCUT2D eigenvalue weighted by Crippen LogP contribution is 2.45. The topological polar surface area (TPSA) is 52.6 Å². The van der Waals surface area contributed by atoms with Gasteiger partial charge in [-0.2, -0.15) is 0 Å². The Morgan fingerprint density at radius 1 is 1.08 bits per heavy atom. The number of hydrogen-bond acceptors (Lipinski definition) is 4. The molecule has 1 aliphatic rings. The number of hydrogen-bond donors (Lipinski definition) is 0. The molecule has 2 aromatic carbocycles. The molecule has 136 valence electrons. The number of carbonyl (C=O) groups is 2. The molecular weight excluding hydrogens is 328 g/mol. The summed E-state index contributed by atoms with van der Waals surface area (Å²) in [5.74, 6) is 0.930. The third kappa shape index (κ3) is 3.36. The zero-order valence-electron chi connectivity index (χ0n) is 15.6. The maximum atomic E-state index is 12.2. The van der Waals surface area contributed by atoms with Crippen LogP contribution in [-0.2, 0) is 22.4 Å². The van der Waals surface area contributed by atoms with Crippen molar-refractivity contribution >= 4 is 22.7 Å². The molecule has 26 heavy (non-hydrogen) atoms. The van der Waals surface area contributed by atoms with Crippen molar-refractivity contribution in [3.05, 3.63) is 47.5 Å². The molecule has 0 fully saturated rings. The SMILES string of the molecule is C=C(C)C(=O)Oc1c2c(c(OC(C)=O)c3ccccc13)CCC(CC)C2. The molecular formula is C22H24O4. The zero-order valence-corrected chi connectivity index (χ0v) is 15.6. The van der Waals surface area contributed by atoms with Crippen molar-refractivity contribution in [1.82, 2.24) is 0 Å². The van der Waals surface area contributed by atoms with Crippen LogP contribution in [0.4, 0.5) is 0 Å². The molecule has 0 radical (unpaired) electrons. The highest BCUT2D eigenvalue weighted by molar-refractivity contribution is 6.00. The van der Waals surface area contributed by atoms with Gasteiger partial charge in [0.25, 0.3) is 0 Å². The van der Waals surface area contributed by atoms with Gasteiger partial charge < -0.3 is 9.47 Å². The van der Waals surface area contributed by atoms with E-state index in [-0.39, 0.29) is 5.97 Å². The molecule has 0 bridgehead atoms. The minimum Gasteiger partial charge on any atom is -0.426 e. The van der Waals surface area contributed by atoms with Crippen LogP contribution in [0.15, 0.2) is 36.4 Å². The minimum atomic E-state index is -0.434. The Kier molecular flexibility index (Phi) is 5.12. The van der Waals surface area contributed by atoms with E-state index in [9.17, 15) is 9.59 Å². The molecule has 2 aromatic rings. The predicted molar refractivity (Wildman–Crippen MR) is 102 cm³/mol. The maximum Gasteiger partial charge on any atom is 0.338 e. The van der Waals surface area contributed by atoms with Crippen LogP contribution in [0.2, 0.25) is 0 Å². The molecule has 4 heteroatoms. The van der Waals surface area contributed by atoms with E-state index in [0.717, 1.165) is 47.6 Å². The van der Waals surface area contributed by atoms with Gasteiger partial charge in [0, 0.05) is 34.4 Å². The molecule has 1 unspecified atom stereocenters. The molecule has 0 spiro atoms. The van der Waals surface area contributed by atoms with E-state index in [1.54, 1.807) is 6.92 Å². The van der Waals surface area contributed by atoms with Crippen molar-refractivity contribution in [2.24, 2.45) is 5.92 Å². The Morgan fingerprint density at radius 3 is 2.23 bits per heavy atom. The minimum absolute atomic E-state index is 0.346. The summed E-state index contributed by atoms with van der Waals surface area (Å²) in [7, 11) is 0. The van der Waals surface area contributed by atoms with E-state index < -0.39 is 5.97 Å². The first kappa shape index (κ1) is 18.2. The van der Waals surface area contributed by atoms with E-state index in [1.807, 2.05) is 24.3 Å². The van der Waals surface area contributed by atoms with Crippen LogP contribution >= 0.6 is 0 Å². The fraction of sp³-hybridized carbons (Fsp3) is 0.364. The van der Waals surface area contributed by atoms with Crippen LogP contribution in [0.5, 0.6) is 11.5 Å². The number of ether oxygens (including phenoxy) is 2. The van der Waals surface area contributed by atoms with E-state index in [0.29, 0.717) is 23.0 Å². The quantitative estimate of drug-likeness (QED) is 0.452. The third-order valence-electron chi connectivity index (χ3n) is 4.99. The number of esters is 2. The Hall–Kier alpha value is -2.62. The van der Waals surface area contributed by atoms with Gasteiger partial charge in [0.05, 0.1) is 0 Å². The molecule has 0 saturated heterocycles. The smallest absolute Gasteiger partial charge is 0.338 e. The normalized spacial score (nSPS) is 16.0. The first-order chi connectivity index (χ1) is 12.4. The van der Waals surface area contributed by atoms with Crippen molar-refractivity contribution in [3.8, 4) is 11.5 Å². The number of fused-ring (bicyclic) bond motifs is 2. The summed E-state index contributed by atoms with van der Waals surface area (Å²) in [6.45, 7) is 8.91. The lowest BCUT2D eigenvalue weighted by Gasteiger charge is -2.28. The highest BCUT2D eigenvalue weighted by Gasteiger charge is 2.29.